The summed E-state index contributed by atoms with van der Waals surface area (Å²) in [5, 5.41) is 10.1. The van der Waals surface area contributed by atoms with Crippen molar-refractivity contribution in [2.24, 2.45) is 0 Å². The van der Waals surface area contributed by atoms with Crippen LogP contribution in [0, 0.1) is 0 Å². The number of thioether (sulfide) groups is 1. The third-order valence-corrected chi connectivity index (χ3v) is 4.13. The van der Waals surface area contributed by atoms with E-state index in [9.17, 15) is 0 Å². The number of rotatable bonds is 6. The number of hydrogen-bond acceptors (Lipinski definition) is 3. The minimum Gasteiger partial charge on any atom is -0.310 e. The van der Waals surface area contributed by atoms with E-state index in [1.165, 1.54) is 10.9 Å². The summed E-state index contributed by atoms with van der Waals surface area (Å²) in [4.78, 5) is 0. The van der Waals surface area contributed by atoms with E-state index in [0.29, 0.717) is 5.25 Å². The highest BCUT2D eigenvalue weighted by atomic mass is 32.2. The minimum atomic E-state index is 0.643. The molecule has 1 unspecified atom stereocenters. The van der Waals surface area contributed by atoms with Crippen molar-refractivity contribution in [1.82, 2.24) is 15.1 Å². The van der Waals surface area contributed by atoms with Gasteiger partial charge in [0.2, 0.25) is 0 Å². The van der Waals surface area contributed by atoms with Gasteiger partial charge in [-0.25, -0.2) is 0 Å². The van der Waals surface area contributed by atoms with E-state index in [4.69, 9.17) is 0 Å². The van der Waals surface area contributed by atoms with Crippen molar-refractivity contribution in [3.05, 3.63) is 30.0 Å². The Bertz CT molecular complexity index is 507. The van der Waals surface area contributed by atoms with Crippen LogP contribution >= 0.6 is 11.8 Å². The number of aryl methyl sites for hydroxylation is 1. The number of nitrogens with zero attached hydrogens (tertiary/aromatic N) is 2. The van der Waals surface area contributed by atoms with Crippen LogP contribution in [0.2, 0.25) is 0 Å². The van der Waals surface area contributed by atoms with Gasteiger partial charge in [0, 0.05) is 30.3 Å². The zero-order valence-electron chi connectivity index (χ0n) is 11.3. The second-order valence-electron chi connectivity index (χ2n) is 4.46. The first-order valence-corrected chi connectivity index (χ1v) is 7.73. The van der Waals surface area contributed by atoms with Gasteiger partial charge in [-0.05, 0) is 19.2 Å². The lowest BCUT2D eigenvalue weighted by atomic mass is 10.2. The van der Waals surface area contributed by atoms with E-state index in [2.05, 4.69) is 59.5 Å². The molecular formula is C14H21N3S. The van der Waals surface area contributed by atoms with Gasteiger partial charge in [-0.1, -0.05) is 25.1 Å². The zero-order chi connectivity index (χ0) is 13.0. The average Bonchev–Trinajstić information content (AvgIpc) is 2.77. The van der Waals surface area contributed by atoms with Crippen LogP contribution in [0.3, 0.4) is 0 Å². The average molecular weight is 263 g/mol. The minimum absolute atomic E-state index is 0.643. The zero-order valence-corrected chi connectivity index (χ0v) is 12.1. The summed E-state index contributed by atoms with van der Waals surface area (Å²) in [6.07, 6.45) is 2.15. The molecule has 0 radical (unpaired) electrons. The predicted octanol–water partition coefficient (Wildman–Crippen LogP) is 2.90. The van der Waals surface area contributed by atoms with Crippen molar-refractivity contribution in [2.45, 2.75) is 32.2 Å². The van der Waals surface area contributed by atoms with Crippen molar-refractivity contribution in [3.8, 4) is 0 Å². The van der Waals surface area contributed by atoms with Crippen LogP contribution in [0.1, 0.15) is 19.5 Å². The van der Waals surface area contributed by atoms with Crippen LogP contribution in [0.25, 0.3) is 10.9 Å². The number of hydrogen-bond donors (Lipinski definition) is 1. The van der Waals surface area contributed by atoms with Crippen molar-refractivity contribution in [3.63, 3.8) is 0 Å². The quantitative estimate of drug-likeness (QED) is 0.869. The monoisotopic (exact) mass is 263 g/mol. The molecule has 1 atom stereocenters. The molecule has 0 saturated heterocycles. The molecule has 1 heterocycles. The van der Waals surface area contributed by atoms with Gasteiger partial charge in [0.05, 0.1) is 11.2 Å². The van der Waals surface area contributed by atoms with E-state index in [1.807, 2.05) is 11.8 Å². The van der Waals surface area contributed by atoms with Crippen LogP contribution in [0.4, 0.5) is 0 Å². The highest BCUT2D eigenvalue weighted by Gasteiger charge is 2.08. The van der Waals surface area contributed by atoms with Gasteiger partial charge in [0.1, 0.15) is 0 Å². The van der Waals surface area contributed by atoms with Crippen LogP contribution in [0.5, 0.6) is 0 Å². The predicted molar refractivity (Wildman–Crippen MR) is 80.1 cm³/mol. The molecule has 0 aliphatic heterocycles. The van der Waals surface area contributed by atoms with Gasteiger partial charge < -0.3 is 5.32 Å². The number of fused-ring (bicyclic) bond motifs is 1. The summed E-state index contributed by atoms with van der Waals surface area (Å²) < 4.78 is 2.07. The van der Waals surface area contributed by atoms with E-state index >= 15 is 0 Å². The van der Waals surface area contributed by atoms with Crippen molar-refractivity contribution in [2.75, 3.05) is 12.8 Å². The van der Waals surface area contributed by atoms with Crippen LogP contribution in [-0.4, -0.2) is 27.8 Å². The number of aromatic nitrogens is 2. The fraction of sp³-hybridized carbons (Fsp3) is 0.500. The standard InChI is InChI=1S/C14H21N3S/c1-4-17-14-8-6-5-7-12(14)13(16-17)10-15-9-11(2)18-3/h5-8,11,15H,4,9-10H2,1-3H3. The van der Waals surface area contributed by atoms with Gasteiger partial charge in [0.25, 0.3) is 0 Å². The summed E-state index contributed by atoms with van der Waals surface area (Å²) >= 11 is 1.89. The molecule has 0 aliphatic carbocycles. The molecule has 2 aromatic rings. The SMILES string of the molecule is CCn1nc(CNCC(C)SC)c2ccccc21. The first-order valence-electron chi connectivity index (χ1n) is 6.44. The number of benzene rings is 1. The maximum absolute atomic E-state index is 4.68. The van der Waals surface area contributed by atoms with E-state index in [0.717, 1.165) is 25.3 Å². The molecular weight excluding hydrogens is 242 g/mol. The van der Waals surface area contributed by atoms with Crippen LogP contribution in [-0.2, 0) is 13.1 Å². The molecule has 98 valence electrons. The third-order valence-electron chi connectivity index (χ3n) is 3.16. The summed E-state index contributed by atoms with van der Waals surface area (Å²) in [5.41, 5.74) is 2.38. The molecule has 0 saturated carbocycles. The molecule has 0 amide bonds. The summed E-state index contributed by atoms with van der Waals surface area (Å²) in [6.45, 7) is 7.15. The Hall–Kier alpha value is -1.00. The normalized spacial score (nSPS) is 13.1. The molecule has 0 aliphatic rings. The second-order valence-corrected chi connectivity index (χ2v) is 5.73. The van der Waals surface area contributed by atoms with Crippen molar-refractivity contribution < 1.29 is 0 Å². The lowest BCUT2D eigenvalue weighted by molar-refractivity contribution is 0.630. The first kappa shape index (κ1) is 13.4. The fourth-order valence-corrected chi connectivity index (χ4v) is 2.33. The van der Waals surface area contributed by atoms with E-state index < -0.39 is 0 Å². The first-order chi connectivity index (χ1) is 8.76. The summed E-state index contributed by atoms with van der Waals surface area (Å²) in [6, 6.07) is 8.45. The maximum Gasteiger partial charge on any atom is 0.0841 e. The Kier molecular flexibility index (Phi) is 4.66. The Balaban J connectivity index is 2.13. The molecule has 2 rings (SSSR count). The Morgan fingerprint density at radius 1 is 1.39 bits per heavy atom. The topological polar surface area (TPSA) is 29.9 Å². The Morgan fingerprint density at radius 3 is 2.89 bits per heavy atom. The molecule has 3 nitrogen and oxygen atoms in total. The molecule has 1 aromatic carbocycles. The maximum atomic E-state index is 4.68. The summed E-state index contributed by atoms with van der Waals surface area (Å²) in [5.74, 6) is 0. The van der Waals surface area contributed by atoms with Crippen molar-refractivity contribution in [1.29, 1.82) is 0 Å². The summed E-state index contributed by atoms with van der Waals surface area (Å²) in [7, 11) is 0. The molecule has 4 heteroatoms. The molecule has 1 aromatic heterocycles. The highest BCUT2D eigenvalue weighted by molar-refractivity contribution is 7.99. The third kappa shape index (κ3) is 2.87. The van der Waals surface area contributed by atoms with Crippen molar-refractivity contribution >= 4 is 22.7 Å². The molecule has 0 spiro atoms. The van der Waals surface area contributed by atoms with E-state index in [1.54, 1.807) is 0 Å². The Morgan fingerprint density at radius 2 is 2.17 bits per heavy atom. The lowest BCUT2D eigenvalue weighted by Crippen LogP contribution is -2.22. The smallest absolute Gasteiger partial charge is 0.0841 e. The van der Waals surface area contributed by atoms with Crippen LogP contribution < -0.4 is 5.32 Å². The van der Waals surface area contributed by atoms with E-state index in [-0.39, 0.29) is 0 Å². The van der Waals surface area contributed by atoms with Crippen LogP contribution in [0.15, 0.2) is 24.3 Å². The largest absolute Gasteiger partial charge is 0.310 e. The van der Waals surface area contributed by atoms with Gasteiger partial charge in [0.15, 0.2) is 0 Å². The number of para-hydroxylation sites is 1. The van der Waals surface area contributed by atoms with Gasteiger partial charge >= 0.3 is 0 Å². The molecule has 0 fully saturated rings. The molecule has 18 heavy (non-hydrogen) atoms. The lowest BCUT2D eigenvalue weighted by Gasteiger charge is -2.08. The highest BCUT2D eigenvalue weighted by Crippen LogP contribution is 2.18. The van der Waals surface area contributed by atoms with Gasteiger partial charge in [-0.3, -0.25) is 4.68 Å². The van der Waals surface area contributed by atoms with Gasteiger partial charge in [-0.15, -0.1) is 0 Å². The molecule has 1 N–H and O–H groups in total. The van der Waals surface area contributed by atoms with Gasteiger partial charge in [-0.2, -0.15) is 16.9 Å². The number of nitrogens with one attached hydrogen (secondary N) is 1. The fourth-order valence-electron chi connectivity index (χ4n) is 2.04. The second kappa shape index (κ2) is 6.25. The Labute approximate surface area is 113 Å². The molecule has 0 bridgehead atoms.